The van der Waals surface area contributed by atoms with Crippen molar-refractivity contribution in [2.24, 2.45) is 11.8 Å². The van der Waals surface area contributed by atoms with Crippen molar-refractivity contribution in [2.45, 2.75) is 60.7 Å². The maximum absolute atomic E-state index is 2.63. The molecule has 16 heavy (non-hydrogen) atoms. The van der Waals surface area contributed by atoms with Gasteiger partial charge in [-0.2, -0.15) is 0 Å². The molecule has 0 aromatic rings. The molecule has 0 heterocycles. The second-order valence-electron chi connectivity index (χ2n) is 5.27. The van der Waals surface area contributed by atoms with Crippen molar-refractivity contribution in [3.8, 4) is 0 Å². The van der Waals surface area contributed by atoms with Gasteiger partial charge in [-0.25, -0.2) is 0 Å². The third-order valence-electron chi connectivity index (χ3n) is 3.68. The van der Waals surface area contributed by atoms with E-state index in [2.05, 4.69) is 72.0 Å². The first-order valence-electron chi connectivity index (χ1n) is 6.53. The van der Waals surface area contributed by atoms with Crippen molar-refractivity contribution >= 4 is 45.2 Å². The Bertz CT molecular complexity index is 243. The van der Waals surface area contributed by atoms with Gasteiger partial charge in [0.2, 0.25) is 0 Å². The first-order chi connectivity index (χ1) is 7.45. The van der Waals surface area contributed by atoms with Gasteiger partial charge in [0.1, 0.15) is 0 Å². The summed E-state index contributed by atoms with van der Waals surface area (Å²) in [7, 11) is 0. The number of unbranched alkanes of at least 4 members (excludes halogenated alkanes) is 1. The van der Waals surface area contributed by atoms with Gasteiger partial charge in [-0.05, 0) is 43.9 Å². The van der Waals surface area contributed by atoms with E-state index in [-0.39, 0.29) is 0 Å². The lowest BCUT2D eigenvalue weighted by atomic mass is 9.85. The largest absolute Gasteiger partial charge is 0.0821 e. The zero-order valence-corrected chi connectivity index (χ0v) is 15.0. The van der Waals surface area contributed by atoms with E-state index < -0.39 is 0 Å². The van der Waals surface area contributed by atoms with Gasteiger partial charge in [0.15, 0.2) is 0 Å². The molecule has 2 unspecified atom stereocenters. The van der Waals surface area contributed by atoms with Crippen molar-refractivity contribution in [1.82, 2.24) is 0 Å². The summed E-state index contributed by atoms with van der Waals surface area (Å²) < 4.78 is 0.472. The van der Waals surface area contributed by atoms with Crippen molar-refractivity contribution < 1.29 is 0 Å². The van der Waals surface area contributed by atoms with Crippen LogP contribution in [0.4, 0.5) is 0 Å². The van der Waals surface area contributed by atoms with E-state index in [0.717, 1.165) is 11.8 Å². The van der Waals surface area contributed by atoms with Crippen molar-refractivity contribution in [3.05, 3.63) is 11.6 Å². The van der Waals surface area contributed by atoms with Crippen LogP contribution >= 0.6 is 45.2 Å². The minimum Gasteiger partial charge on any atom is -0.0821 e. The molecule has 0 N–H and O–H groups in total. The van der Waals surface area contributed by atoms with E-state index in [1.165, 1.54) is 38.5 Å². The van der Waals surface area contributed by atoms with Crippen LogP contribution in [0.2, 0.25) is 0 Å². The van der Waals surface area contributed by atoms with E-state index in [4.69, 9.17) is 0 Å². The molecule has 0 radical (unpaired) electrons. The molecule has 0 aromatic heterocycles. The number of halogens is 2. The molecule has 0 aliphatic heterocycles. The topological polar surface area (TPSA) is 0 Å². The number of hydrogen-bond acceptors (Lipinski definition) is 0. The monoisotopic (exact) mass is 446 g/mol. The Morgan fingerprint density at radius 3 is 2.56 bits per heavy atom. The van der Waals surface area contributed by atoms with Crippen LogP contribution in [-0.2, 0) is 0 Å². The van der Waals surface area contributed by atoms with E-state index in [9.17, 15) is 0 Å². The average molecular weight is 446 g/mol. The fourth-order valence-corrected chi connectivity index (χ4v) is 2.95. The Kier molecular flexibility index (Phi) is 6.63. The lowest BCUT2D eigenvalue weighted by Gasteiger charge is -2.27. The molecule has 0 nitrogen and oxygen atoms in total. The summed E-state index contributed by atoms with van der Waals surface area (Å²) in [5.41, 5.74) is 1.71. The highest BCUT2D eigenvalue weighted by Gasteiger charge is 2.27. The van der Waals surface area contributed by atoms with Crippen LogP contribution in [0.5, 0.6) is 0 Å². The second-order valence-corrected chi connectivity index (χ2v) is 11.2. The molecule has 0 fully saturated rings. The first-order valence-corrected chi connectivity index (χ1v) is 8.69. The summed E-state index contributed by atoms with van der Waals surface area (Å²) in [6.45, 7) is 7.02. The number of allylic oxidation sites excluding steroid dienone is 2. The van der Waals surface area contributed by atoms with Gasteiger partial charge in [0.25, 0.3) is 0 Å². The molecule has 1 aliphatic rings. The molecule has 1 rings (SSSR count). The van der Waals surface area contributed by atoms with Crippen LogP contribution in [0.25, 0.3) is 0 Å². The highest BCUT2D eigenvalue weighted by Crippen LogP contribution is 2.41. The molecule has 0 amide bonds. The Labute approximate surface area is 128 Å². The Morgan fingerprint density at radius 1 is 1.44 bits per heavy atom. The van der Waals surface area contributed by atoms with Crippen LogP contribution in [0, 0.1) is 11.8 Å². The molecule has 0 bridgehead atoms. The van der Waals surface area contributed by atoms with Crippen LogP contribution in [0.15, 0.2) is 11.6 Å². The van der Waals surface area contributed by atoms with Crippen molar-refractivity contribution in [2.75, 3.05) is 0 Å². The normalized spacial score (nSPS) is 22.6. The van der Waals surface area contributed by atoms with Crippen LogP contribution in [0.3, 0.4) is 0 Å². The molecule has 94 valence electrons. The van der Waals surface area contributed by atoms with E-state index >= 15 is 0 Å². The Morgan fingerprint density at radius 2 is 2.06 bits per heavy atom. The third kappa shape index (κ3) is 4.83. The summed E-state index contributed by atoms with van der Waals surface area (Å²) in [5.74, 6) is 1.71. The van der Waals surface area contributed by atoms with E-state index in [1.807, 2.05) is 0 Å². The van der Waals surface area contributed by atoms with Gasteiger partial charge in [-0.1, -0.05) is 84.0 Å². The molecule has 0 aromatic carbocycles. The fourth-order valence-electron chi connectivity index (χ4n) is 2.33. The van der Waals surface area contributed by atoms with Crippen LogP contribution in [0.1, 0.15) is 59.3 Å². The molecular formula is C14H24I2. The lowest BCUT2D eigenvalue weighted by molar-refractivity contribution is 0.467. The molecule has 0 spiro atoms. The third-order valence-corrected chi connectivity index (χ3v) is 7.33. The zero-order valence-electron chi connectivity index (χ0n) is 10.7. The highest BCUT2D eigenvalue weighted by atomic mass is 127. The SMILES string of the molecule is CCC(I)(I)C(C)CCCCC1=CC(C)C1. The molecule has 0 saturated heterocycles. The van der Waals surface area contributed by atoms with Gasteiger partial charge in [0, 0.05) is 0 Å². The minimum absolute atomic E-state index is 0.472. The lowest BCUT2D eigenvalue weighted by Crippen LogP contribution is -2.20. The smallest absolute Gasteiger partial charge is 0.0757 e. The summed E-state index contributed by atoms with van der Waals surface area (Å²) >= 11 is 5.25. The summed E-state index contributed by atoms with van der Waals surface area (Å²) in [5, 5.41) is 0. The van der Waals surface area contributed by atoms with Crippen molar-refractivity contribution in [3.63, 3.8) is 0 Å². The number of alkyl halides is 2. The second kappa shape index (κ2) is 6.95. The summed E-state index contributed by atoms with van der Waals surface area (Å²) in [6.07, 6.45) is 10.7. The Hall–Kier alpha value is 1.20. The molecule has 2 atom stereocenters. The van der Waals surface area contributed by atoms with Gasteiger partial charge in [-0.15, -0.1) is 0 Å². The van der Waals surface area contributed by atoms with Crippen LogP contribution in [-0.4, -0.2) is 1.43 Å². The first kappa shape index (κ1) is 15.3. The van der Waals surface area contributed by atoms with Crippen molar-refractivity contribution in [1.29, 1.82) is 0 Å². The average Bonchev–Trinajstić information content (AvgIpc) is 2.20. The maximum Gasteiger partial charge on any atom is 0.0757 e. The molecule has 1 aliphatic carbocycles. The predicted octanol–water partition coefficient (Wildman–Crippen LogP) is 6.13. The number of hydrogen-bond donors (Lipinski definition) is 0. The molecule has 0 saturated carbocycles. The Balaban J connectivity index is 2.09. The fraction of sp³-hybridized carbons (Fsp3) is 0.857. The van der Waals surface area contributed by atoms with Crippen LogP contribution < -0.4 is 0 Å². The molecular weight excluding hydrogens is 422 g/mol. The van der Waals surface area contributed by atoms with Gasteiger partial charge in [-0.3, -0.25) is 0 Å². The standard InChI is InChI=1S/C14H24I2/c1-4-14(15,16)12(3)7-5-6-8-13-9-11(2)10-13/h9,11-12H,4-8,10H2,1-3H3. The van der Waals surface area contributed by atoms with Gasteiger partial charge >= 0.3 is 0 Å². The van der Waals surface area contributed by atoms with E-state index in [0.29, 0.717) is 1.43 Å². The van der Waals surface area contributed by atoms with Gasteiger partial charge < -0.3 is 0 Å². The highest BCUT2D eigenvalue weighted by molar-refractivity contribution is 14.2. The predicted molar refractivity (Wildman–Crippen MR) is 90.6 cm³/mol. The summed E-state index contributed by atoms with van der Waals surface area (Å²) in [6, 6.07) is 0. The number of rotatable bonds is 7. The quantitative estimate of drug-likeness (QED) is 0.191. The van der Waals surface area contributed by atoms with E-state index in [1.54, 1.807) is 5.57 Å². The maximum atomic E-state index is 2.63. The minimum atomic E-state index is 0.472. The summed E-state index contributed by atoms with van der Waals surface area (Å²) in [4.78, 5) is 0. The molecule has 2 heteroatoms. The van der Waals surface area contributed by atoms with Gasteiger partial charge in [0.05, 0.1) is 1.43 Å². The zero-order chi connectivity index (χ0) is 12.2.